The molecule has 0 fully saturated rings. The molecular weight excluding hydrogens is 415 g/mol. The number of urea groups is 1. The lowest BCUT2D eigenvalue weighted by Crippen LogP contribution is -2.20. The smallest absolute Gasteiger partial charge is 0.354 e. The molecule has 0 unspecified atom stereocenters. The predicted octanol–water partition coefficient (Wildman–Crippen LogP) is 3.42. The van der Waals surface area contributed by atoms with Crippen molar-refractivity contribution in [1.29, 1.82) is 0 Å². The fourth-order valence-corrected chi connectivity index (χ4v) is 6.35. The van der Waals surface area contributed by atoms with Crippen LogP contribution < -0.4 is 10.5 Å². The van der Waals surface area contributed by atoms with E-state index in [1.807, 2.05) is 0 Å². The highest BCUT2D eigenvalue weighted by atomic mass is 32.2. The van der Waals surface area contributed by atoms with Crippen LogP contribution in [0.5, 0.6) is 0 Å². The molecule has 0 spiro atoms. The van der Waals surface area contributed by atoms with Crippen molar-refractivity contribution in [2.75, 3.05) is 5.32 Å². The molecule has 2 aliphatic rings. The summed E-state index contributed by atoms with van der Waals surface area (Å²) in [5.74, 6) is -0.891. The number of aryl methyl sites for hydroxylation is 2. The van der Waals surface area contributed by atoms with Gasteiger partial charge in [-0.15, -0.1) is 15.7 Å². The number of carbonyl (C=O) groups excluding carboxylic acids is 1. The summed E-state index contributed by atoms with van der Waals surface area (Å²) in [5, 5.41) is 19.9. The van der Waals surface area contributed by atoms with E-state index in [9.17, 15) is 18.5 Å². The molecule has 0 radical (unpaired) electrons. The zero-order valence-electron chi connectivity index (χ0n) is 16.2. The Bertz CT molecular complexity index is 1100. The molecule has 7 nitrogen and oxygen atoms in total. The summed E-state index contributed by atoms with van der Waals surface area (Å²) in [6, 6.07) is -0.871. The number of rotatable bonds is 3. The number of halogens is 1. The van der Waals surface area contributed by atoms with Gasteiger partial charge in [-0.1, -0.05) is 0 Å². The molecule has 4 N–H and O–H groups in total. The molecule has 2 heterocycles. The molecule has 156 valence electrons. The van der Waals surface area contributed by atoms with Gasteiger partial charge in [0.15, 0.2) is 19.9 Å². The highest BCUT2D eigenvalue weighted by Gasteiger charge is 2.30. The number of hydrogen-bond donors (Lipinski definition) is 3. The fourth-order valence-electron chi connectivity index (χ4n) is 3.97. The van der Waals surface area contributed by atoms with E-state index in [0.29, 0.717) is 5.69 Å². The zero-order chi connectivity index (χ0) is 21.0. The molecule has 2 aliphatic carbocycles. The Labute approximate surface area is 172 Å². The first kappa shape index (κ1) is 20.4. The average Bonchev–Trinajstić information content (AvgIpc) is 3.31. The summed E-state index contributed by atoms with van der Waals surface area (Å²) < 4.78 is 30.7. The molecule has 2 aromatic heterocycles. The second kappa shape index (κ2) is 7.12. The number of aliphatic hydroxyl groups is 1. The Morgan fingerprint density at radius 1 is 1.28 bits per heavy atom. The van der Waals surface area contributed by atoms with Crippen molar-refractivity contribution in [1.82, 2.24) is 4.98 Å². The SMILES string of the molecule is CC(C)(O)c1csc([S@](N)(=O)=NC(=O)Nc2c3c(nc4c2CCC4)CCC3)c1F. The standard InChI is InChI=1S/C19H23FN4O3S2/c1-19(2,26)12-9-28-17(15(12)20)29(21,27)24-18(25)23-16-10-5-3-7-13(10)22-14-8-4-6-11(14)16/h9,26H,3-8H2,1-2H3,(H3,21,22,23,24,25,27)/t29-/m1/s1. The summed E-state index contributed by atoms with van der Waals surface area (Å²) in [7, 11) is -3.80. The molecule has 10 heteroatoms. The van der Waals surface area contributed by atoms with Gasteiger partial charge in [0.2, 0.25) is 0 Å². The van der Waals surface area contributed by atoms with Gasteiger partial charge in [0.1, 0.15) is 0 Å². The quantitative estimate of drug-likeness (QED) is 0.680. The van der Waals surface area contributed by atoms with Gasteiger partial charge in [-0.2, -0.15) is 0 Å². The van der Waals surface area contributed by atoms with Gasteiger partial charge in [-0.05, 0) is 63.5 Å². The van der Waals surface area contributed by atoms with Gasteiger partial charge in [0.05, 0.1) is 11.3 Å². The number of anilines is 1. The van der Waals surface area contributed by atoms with Crippen LogP contribution in [0, 0.1) is 5.82 Å². The molecule has 0 bridgehead atoms. The summed E-state index contributed by atoms with van der Waals surface area (Å²) >= 11 is 0.779. The largest absolute Gasteiger partial charge is 0.386 e. The van der Waals surface area contributed by atoms with Crippen LogP contribution in [0.1, 0.15) is 54.8 Å². The number of fused-ring (bicyclic) bond motifs is 2. The molecule has 1 atom stereocenters. The first-order chi connectivity index (χ1) is 13.6. The van der Waals surface area contributed by atoms with Crippen LogP contribution in [0.25, 0.3) is 0 Å². The Balaban J connectivity index is 1.68. The molecule has 0 aliphatic heterocycles. The number of pyridine rings is 1. The number of nitrogens with one attached hydrogen (secondary N) is 1. The van der Waals surface area contributed by atoms with E-state index in [-0.39, 0.29) is 9.77 Å². The van der Waals surface area contributed by atoms with Crippen LogP contribution in [0.15, 0.2) is 14.0 Å². The predicted molar refractivity (Wildman–Crippen MR) is 110 cm³/mol. The Morgan fingerprint density at radius 2 is 1.86 bits per heavy atom. The molecule has 0 saturated carbocycles. The Hall–Kier alpha value is -1.88. The van der Waals surface area contributed by atoms with Gasteiger partial charge in [0, 0.05) is 22.3 Å². The lowest BCUT2D eigenvalue weighted by Gasteiger charge is -2.15. The van der Waals surface area contributed by atoms with Crippen molar-refractivity contribution in [3.8, 4) is 0 Å². The van der Waals surface area contributed by atoms with Crippen LogP contribution in [-0.2, 0) is 41.2 Å². The molecule has 29 heavy (non-hydrogen) atoms. The maximum absolute atomic E-state index is 14.7. The fraction of sp³-hybridized carbons (Fsp3) is 0.474. The van der Waals surface area contributed by atoms with Crippen molar-refractivity contribution < 1.29 is 18.5 Å². The number of thiophene rings is 1. The highest BCUT2D eigenvalue weighted by molar-refractivity contribution is 7.93. The minimum atomic E-state index is -3.80. The van der Waals surface area contributed by atoms with E-state index < -0.39 is 27.4 Å². The van der Waals surface area contributed by atoms with E-state index in [4.69, 9.17) is 10.1 Å². The van der Waals surface area contributed by atoms with Gasteiger partial charge < -0.3 is 10.4 Å². The van der Waals surface area contributed by atoms with Gasteiger partial charge in [0.25, 0.3) is 0 Å². The molecule has 0 saturated heterocycles. The summed E-state index contributed by atoms with van der Waals surface area (Å²) in [6.07, 6.45) is 5.32. The zero-order valence-corrected chi connectivity index (χ0v) is 17.9. The van der Waals surface area contributed by atoms with Crippen LogP contribution >= 0.6 is 11.3 Å². The van der Waals surface area contributed by atoms with Crippen molar-refractivity contribution in [3.63, 3.8) is 0 Å². The number of aromatic nitrogens is 1. The minimum Gasteiger partial charge on any atom is -0.386 e. The molecule has 0 aromatic carbocycles. The molecule has 4 rings (SSSR count). The van der Waals surface area contributed by atoms with Gasteiger partial charge >= 0.3 is 6.03 Å². The lowest BCUT2D eigenvalue weighted by atomic mass is 10.0. The number of carbonyl (C=O) groups is 1. The average molecular weight is 439 g/mol. The summed E-state index contributed by atoms with van der Waals surface area (Å²) in [4.78, 5) is 17.3. The van der Waals surface area contributed by atoms with Crippen LogP contribution in [0.3, 0.4) is 0 Å². The topological polar surface area (TPSA) is 118 Å². The Morgan fingerprint density at radius 3 is 2.38 bits per heavy atom. The second-order valence-corrected chi connectivity index (χ2v) is 10.8. The maximum Gasteiger partial charge on any atom is 0.354 e. The van der Waals surface area contributed by atoms with Crippen LogP contribution in [0.2, 0.25) is 0 Å². The van der Waals surface area contributed by atoms with Crippen LogP contribution in [0.4, 0.5) is 14.9 Å². The summed E-state index contributed by atoms with van der Waals surface area (Å²) in [5.41, 5.74) is 3.20. The van der Waals surface area contributed by atoms with E-state index >= 15 is 0 Å². The summed E-state index contributed by atoms with van der Waals surface area (Å²) in [6.45, 7) is 2.82. The monoisotopic (exact) mass is 438 g/mol. The maximum atomic E-state index is 14.7. The number of hydrogen-bond acceptors (Lipinski definition) is 5. The van der Waals surface area contributed by atoms with E-state index in [0.717, 1.165) is 72.4 Å². The van der Waals surface area contributed by atoms with Gasteiger partial charge in [-0.25, -0.2) is 18.5 Å². The van der Waals surface area contributed by atoms with E-state index in [1.54, 1.807) is 0 Å². The van der Waals surface area contributed by atoms with Crippen molar-refractivity contribution in [2.24, 2.45) is 9.50 Å². The molecule has 2 amide bonds. The molecular formula is C19H23FN4O3S2. The van der Waals surface area contributed by atoms with Crippen LogP contribution in [-0.4, -0.2) is 20.3 Å². The second-order valence-electron chi connectivity index (χ2n) is 7.94. The molecule has 2 aromatic rings. The first-order valence-electron chi connectivity index (χ1n) is 9.47. The third-order valence-corrected chi connectivity index (χ3v) is 8.23. The normalized spacial score (nSPS) is 17.6. The van der Waals surface area contributed by atoms with Gasteiger partial charge in [-0.3, -0.25) is 4.98 Å². The van der Waals surface area contributed by atoms with Crippen molar-refractivity contribution in [2.45, 2.75) is 62.2 Å². The van der Waals surface area contributed by atoms with Crippen molar-refractivity contribution in [3.05, 3.63) is 39.3 Å². The lowest BCUT2D eigenvalue weighted by molar-refractivity contribution is 0.0748. The van der Waals surface area contributed by atoms with E-state index in [1.165, 1.54) is 19.2 Å². The number of nitrogens with zero attached hydrogens (tertiary/aromatic N) is 2. The minimum absolute atomic E-state index is 0.0314. The Kier molecular flexibility index (Phi) is 5.01. The first-order valence-corrected chi connectivity index (χ1v) is 11.9. The third kappa shape index (κ3) is 3.70. The number of nitrogens with two attached hydrogens (primary N) is 1. The number of amides is 2. The highest BCUT2D eigenvalue weighted by Crippen LogP contribution is 2.37. The van der Waals surface area contributed by atoms with E-state index in [2.05, 4.69) is 9.68 Å². The van der Waals surface area contributed by atoms with Crippen molar-refractivity contribution >= 4 is 33.0 Å². The third-order valence-electron chi connectivity index (χ3n) is 5.33.